The molecule has 0 radical (unpaired) electrons. The van der Waals surface area contributed by atoms with Crippen molar-refractivity contribution >= 4 is 5.95 Å². The van der Waals surface area contributed by atoms with Gasteiger partial charge < -0.3 is 14.5 Å². The van der Waals surface area contributed by atoms with Gasteiger partial charge in [-0.05, 0) is 38.8 Å². The molecule has 1 aliphatic heterocycles. The zero-order valence-corrected chi connectivity index (χ0v) is 14.9. The van der Waals surface area contributed by atoms with E-state index in [1.54, 1.807) is 12.4 Å². The molecule has 4 heterocycles. The molecule has 7 nitrogen and oxygen atoms in total. The van der Waals surface area contributed by atoms with E-state index in [9.17, 15) is 5.11 Å². The van der Waals surface area contributed by atoms with E-state index in [1.165, 1.54) is 0 Å². The fourth-order valence-corrected chi connectivity index (χ4v) is 3.16. The number of hydrogen-bond acceptors (Lipinski definition) is 7. The Morgan fingerprint density at radius 3 is 2.73 bits per heavy atom. The van der Waals surface area contributed by atoms with Crippen molar-refractivity contribution in [2.24, 2.45) is 0 Å². The van der Waals surface area contributed by atoms with Gasteiger partial charge in [-0.3, -0.25) is 4.98 Å². The largest absolute Gasteiger partial charge is 0.391 e. The van der Waals surface area contributed by atoms with Crippen molar-refractivity contribution < 1.29 is 9.63 Å². The average Bonchev–Trinajstić information content (AvgIpc) is 3.08. The van der Waals surface area contributed by atoms with Gasteiger partial charge in [-0.1, -0.05) is 5.16 Å². The van der Waals surface area contributed by atoms with E-state index < -0.39 is 0 Å². The maximum Gasteiger partial charge on any atom is 0.225 e. The standard InChI is InChI=1S/C19H21N5O2/c1-12-5-6-14(9-20-12)18-16(17-8-13(2)23-26-17)10-21-19(22-18)24-7-3-4-15(25)11-24/h5-6,8-10,15,25H,3-4,7,11H2,1-2H3. The van der Waals surface area contributed by atoms with Crippen molar-refractivity contribution in [3.05, 3.63) is 42.0 Å². The van der Waals surface area contributed by atoms with E-state index >= 15 is 0 Å². The minimum atomic E-state index is -0.339. The third-order valence-corrected chi connectivity index (χ3v) is 4.53. The molecule has 1 atom stereocenters. The first-order valence-electron chi connectivity index (χ1n) is 8.77. The molecule has 134 valence electrons. The molecule has 0 bridgehead atoms. The highest BCUT2D eigenvalue weighted by Gasteiger charge is 2.22. The van der Waals surface area contributed by atoms with Gasteiger partial charge >= 0.3 is 0 Å². The van der Waals surface area contributed by atoms with Crippen LogP contribution in [0.15, 0.2) is 35.1 Å². The number of aromatic nitrogens is 4. The van der Waals surface area contributed by atoms with E-state index in [1.807, 2.05) is 36.9 Å². The van der Waals surface area contributed by atoms with Crippen LogP contribution in [0, 0.1) is 13.8 Å². The molecule has 1 saturated heterocycles. The summed E-state index contributed by atoms with van der Waals surface area (Å²) in [6, 6.07) is 5.82. The third-order valence-electron chi connectivity index (χ3n) is 4.53. The van der Waals surface area contributed by atoms with Crippen molar-refractivity contribution in [2.45, 2.75) is 32.8 Å². The lowest BCUT2D eigenvalue weighted by Crippen LogP contribution is -2.39. The number of pyridine rings is 1. The van der Waals surface area contributed by atoms with E-state index in [0.717, 1.165) is 47.6 Å². The average molecular weight is 351 g/mol. The van der Waals surface area contributed by atoms with E-state index in [0.29, 0.717) is 18.3 Å². The van der Waals surface area contributed by atoms with Gasteiger partial charge in [0.2, 0.25) is 5.95 Å². The molecule has 0 aliphatic carbocycles. The molecule has 7 heteroatoms. The van der Waals surface area contributed by atoms with Gasteiger partial charge in [0.05, 0.1) is 23.1 Å². The first-order valence-corrected chi connectivity index (χ1v) is 8.77. The first kappa shape index (κ1) is 16.7. The van der Waals surface area contributed by atoms with Gasteiger partial charge in [0.1, 0.15) is 0 Å². The molecule has 3 aromatic rings. The molecule has 1 fully saturated rings. The summed E-state index contributed by atoms with van der Waals surface area (Å²) in [6.07, 6.45) is 4.97. The summed E-state index contributed by atoms with van der Waals surface area (Å²) in [5.74, 6) is 1.24. The highest BCUT2D eigenvalue weighted by Crippen LogP contribution is 2.32. The number of anilines is 1. The molecule has 0 amide bonds. The van der Waals surface area contributed by atoms with E-state index in [4.69, 9.17) is 9.51 Å². The van der Waals surface area contributed by atoms with Gasteiger partial charge in [0.25, 0.3) is 0 Å². The maximum absolute atomic E-state index is 9.96. The second-order valence-corrected chi connectivity index (χ2v) is 6.70. The van der Waals surface area contributed by atoms with Crippen LogP contribution in [0.4, 0.5) is 5.95 Å². The lowest BCUT2D eigenvalue weighted by molar-refractivity contribution is 0.153. The Balaban J connectivity index is 1.80. The molecular formula is C19H21N5O2. The number of piperidine rings is 1. The summed E-state index contributed by atoms with van der Waals surface area (Å²) in [4.78, 5) is 15.7. The zero-order chi connectivity index (χ0) is 18.1. The van der Waals surface area contributed by atoms with Gasteiger partial charge in [-0.25, -0.2) is 9.97 Å². The van der Waals surface area contributed by atoms with Crippen LogP contribution < -0.4 is 4.90 Å². The molecule has 1 N–H and O–H groups in total. The normalized spacial score (nSPS) is 17.5. The van der Waals surface area contributed by atoms with Gasteiger partial charge in [-0.2, -0.15) is 0 Å². The summed E-state index contributed by atoms with van der Waals surface area (Å²) in [7, 11) is 0. The number of β-amino-alcohol motifs (C(OH)–C–C–N with tert-alkyl or cyclic N) is 1. The molecule has 4 rings (SSSR count). The SMILES string of the molecule is Cc1ccc(-c2nc(N3CCCC(O)C3)ncc2-c2cc(C)no2)cn1. The van der Waals surface area contributed by atoms with Crippen molar-refractivity contribution in [3.63, 3.8) is 0 Å². The second kappa shape index (κ2) is 6.84. The second-order valence-electron chi connectivity index (χ2n) is 6.70. The van der Waals surface area contributed by atoms with Crippen molar-refractivity contribution in [2.75, 3.05) is 18.0 Å². The molecule has 3 aromatic heterocycles. The lowest BCUT2D eigenvalue weighted by atomic mass is 10.1. The van der Waals surface area contributed by atoms with Crippen LogP contribution in [0.3, 0.4) is 0 Å². The Hall–Kier alpha value is -2.80. The minimum absolute atomic E-state index is 0.339. The molecule has 1 aliphatic rings. The van der Waals surface area contributed by atoms with Crippen LogP contribution in [-0.4, -0.2) is 44.4 Å². The predicted molar refractivity (Wildman–Crippen MR) is 97.7 cm³/mol. The van der Waals surface area contributed by atoms with E-state index in [-0.39, 0.29) is 6.10 Å². The summed E-state index contributed by atoms with van der Waals surface area (Å²) in [6.45, 7) is 5.21. The van der Waals surface area contributed by atoms with Crippen LogP contribution in [0.5, 0.6) is 0 Å². The summed E-state index contributed by atoms with van der Waals surface area (Å²) in [5, 5.41) is 13.9. The molecule has 0 aromatic carbocycles. The Morgan fingerprint density at radius 1 is 1.15 bits per heavy atom. The topological polar surface area (TPSA) is 88.2 Å². The maximum atomic E-state index is 9.96. The number of hydrogen-bond donors (Lipinski definition) is 1. The molecule has 0 spiro atoms. The fourth-order valence-electron chi connectivity index (χ4n) is 3.16. The summed E-state index contributed by atoms with van der Waals surface area (Å²) < 4.78 is 5.43. The highest BCUT2D eigenvalue weighted by atomic mass is 16.5. The third kappa shape index (κ3) is 3.30. The first-order chi connectivity index (χ1) is 12.6. The van der Waals surface area contributed by atoms with Crippen LogP contribution in [-0.2, 0) is 0 Å². The quantitative estimate of drug-likeness (QED) is 0.776. The van der Waals surface area contributed by atoms with Gasteiger partial charge in [0, 0.05) is 42.8 Å². The number of aryl methyl sites for hydroxylation is 2. The minimum Gasteiger partial charge on any atom is -0.391 e. The monoisotopic (exact) mass is 351 g/mol. The smallest absolute Gasteiger partial charge is 0.225 e. The Labute approximate surface area is 151 Å². The van der Waals surface area contributed by atoms with Crippen molar-refractivity contribution in [1.82, 2.24) is 20.1 Å². The molecule has 0 saturated carbocycles. The summed E-state index contributed by atoms with van der Waals surface area (Å²) in [5.41, 5.74) is 4.16. The Kier molecular flexibility index (Phi) is 4.38. The van der Waals surface area contributed by atoms with Crippen LogP contribution in [0.2, 0.25) is 0 Å². The Bertz CT molecular complexity index is 907. The zero-order valence-electron chi connectivity index (χ0n) is 14.9. The van der Waals surface area contributed by atoms with E-state index in [2.05, 4.69) is 15.1 Å². The molecular weight excluding hydrogens is 330 g/mol. The van der Waals surface area contributed by atoms with Gasteiger partial charge in [-0.15, -0.1) is 0 Å². The number of nitrogens with zero attached hydrogens (tertiary/aromatic N) is 5. The van der Waals surface area contributed by atoms with Crippen molar-refractivity contribution in [3.8, 4) is 22.6 Å². The number of aliphatic hydroxyl groups is 1. The lowest BCUT2D eigenvalue weighted by Gasteiger charge is -2.30. The highest BCUT2D eigenvalue weighted by molar-refractivity contribution is 5.78. The predicted octanol–water partition coefficient (Wildman–Crippen LogP) is 2.77. The fraction of sp³-hybridized carbons (Fsp3) is 0.368. The molecule has 26 heavy (non-hydrogen) atoms. The van der Waals surface area contributed by atoms with Crippen LogP contribution in [0.25, 0.3) is 22.6 Å². The Morgan fingerprint density at radius 2 is 2.04 bits per heavy atom. The number of aliphatic hydroxyl groups excluding tert-OH is 1. The number of rotatable bonds is 3. The van der Waals surface area contributed by atoms with Crippen LogP contribution in [0.1, 0.15) is 24.2 Å². The van der Waals surface area contributed by atoms with Gasteiger partial charge in [0.15, 0.2) is 5.76 Å². The van der Waals surface area contributed by atoms with Crippen molar-refractivity contribution in [1.29, 1.82) is 0 Å². The summed E-state index contributed by atoms with van der Waals surface area (Å²) >= 11 is 0. The molecule has 1 unspecified atom stereocenters. The van der Waals surface area contributed by atoms with Crippen LogP contribution >= 0.6 is 0 Å².